The smallest absolute Gasteiger partial charge is 0.137 e. The number of fused-ring (bicyclic) bond motifs is 1. The van der Waals surface area contributed by atoms with Crippen molar-refractivity contribution in [2.45, 2.75) is 0 Å². The van der Waals surface area contributed by atoms with Crippen LogP contribution >= 0.6 is 15.9 Å². The van der Waals surface area contributed by atoms with Crippen molar-refractivity contribution in [3.8, 4) is 22.8 Å². The van der Waals surface area contributed by atoms with Crippen LogP contribution in [0.15, 0.2) is 47.2 Å². The molecule has 0 N–H and O–H groups in total. The maximum atomic E-state index is 5.22. The highest BCUT2D eigenvalue weighted by Crippen LogP contribution is 2.31. The summed E-state index contributed by atoms with van der Waals surface area (Å²) in [5.41, 5.74) is 2.80. The van der Waals surface area contributed by atoms with E-state index in [0.717, 1.165) is 32.9 Å². The Kier molecular flexibility index (Phi) is 3.36. The number of pyridine rings is 1. The molecule has 0 amide bonds. The van der Waals surface area contributed by atoms with Crippen LogP contribution in [0, 0.1) is 0 Å². The molecule has 0 spiro atoms. The first-order valence-corrected chi connectivity index (χ1v) is 6.87. The van der Waals surface area contributed by atoms with E-state index in [0.29, 0.717) is 0 Å². The van der Waals surface area contributed by atoms with E-state index in [4.69, 9.17) is 9.47 Å². The van der Waals surface area contributed by atoms with Gasteiger partial charge in [-0.15, -0.1) is 0 Å². The van der Waals surface area contributed by atoms with E-state index >= 15 is 0 Å². The molecule has 0 saturated carbocycles. The van der Waals surface area contributed by atoms with Crippen molar-refractivity contribution in [3.63, 3.8) is 0 Å². The van der Waals surface area contributed by atoms with Crippen molar-refractivity contribution >= 4 is 21.6 Å². The van der Waals surface area contributed by atoms with Gasteiger partial charge in [-0.05, 0) is 46.3 Å². The zero-order valence-corrected chi connectivity index (χ0v) is 12.7. The minimum Gasteiger partial charge on any atom is -0.497 e. The van der Waals surface area contributed by atoms with Crippen molar-refractivity contribution in [1.29, 1.82) is 0 Å². The zero-order chi connectivity index (χ0) is 14.1. The molecule has 3 rings (SSSR count). The third-order valence-corrected chi connectivity index (χ3v) is 3.77. The second-order valence-corrected chi connectivity index (χ2v) is 5.16. The Morgan fingerprint density at radius 3 is 2.45 bits per heavy atom. The number of halogens is 1. The highest BCUT2D eigenvalue weighted by Gasteiger charge is 2.09. The number of rotatable bonds is 3. The molecule has 0 aliphatic rings. The molecule has 0 atom stereocenters. The average Bonchev–Trinajstić information content (AvgIpc) is 2.89. The van der Waals surface area contributed by atoms with Gasteiger partial charge in [0.2, 0.25) is 0 Å². The summed E-state index contributed by atoms with van der Waals surface area (Å²) >= 11 is 3.56. The van der Waals surface area contributed by atoms with Crippen molar-refractivity contribution in [2.75, 3.05) is 14.2 Å². The van der Waals surface area contributed by atoms with E-state index in [1.165, 1.54) is 0 Å². The fraction of sp³-hybridized carbons (Fsp3) is 0.133. The third-order valence-electron chi connectivity index (χ3n) is 3.11. The highest BCUT2D eigenvalue weighted by atomic mass is 79.9. The molecule has 0 unspecified atom stereocenters. The summed E-state index contributed by atoms with van der Waals surface area (Å²) in [7, 11) is 3.30. The van der Waals surface area contributed by atoms with Crippen LogP contribution in [0.3, 0.4) is 0 Å². The molecule has 4 nitrogen and oxygen atoms in total. The fourth-order valence-electron chi connectivity index (χ4n) is 2.05. The Morgan fingerprint density at radius 2 is 1.75 bits per heavy atom. The normalized spacial score (nSPS) is 10.8. The predicted molar refractivity (Wildman–Crippen MR) is 81.4 cm³/mol. The minimum absolute atomic E-state index is 0.801. The summed E-state index contributed by atoms with van der Waals surface area (Å²) in [6.07, 6.45) is 3.88. The lowest BCUT2D eigenvalue weighted by Gasteiger charge is -2.04. The summed E-state index contributed by atoms with van der Waals surface area (Å²) in [6, 6.07) is 9.67. The SMILES string of the molecule is COc1ccc(-c2cn3cc(OC)ccc3n2)c(Br)c1. The molecule has 2 aromatic heterocycles. The van der Waals surface area contributed by atoms with Crippen molar-refractivity contribution < 1.29 is 9.47 Å². The van der Waals surface area contributed by atoms with Crippen LogP contribution < -0.4 is 9.47 Å². The molecule has 2 heterocycles. The largest absolute Gasteiger partial charge is 0.497 e. The number of hydrogen-bond donors (Lipinski definition) is 0. The van der Waals surface area contributed by atoms with Gasteiger partial charge in [0.15, 0.2) is 0 Å². The third kappa shape index (κ3) is 2.25. The van der Waals surface area contributed by atoms with Crippen molar-refractivity contribution in [3.05, 3.63) is 47.2 Å². The molecule has 0 fully saturated rings. The first-order chi connectivity index (χ1) is 9.71. The molecule has 3 aromatic rings. The lowest BCUT2D eigenvalue weighted by atomic mass is 10.1. The number of methoxy groups -OCH3 is 2. The summed E-state index contributed by atoms with van der Waals surface area (Å²) < 4.78 is 13.3. The van der Waals surface area contributed by atoms with Gasteiger partial charge in [-0.1, -0.05) is 0 Å². The summed E-state index contributed by atoms with van der Waals surface area (Å²) in [4.78, 5) is 4.61. The first kappa shape index (κ1) is 13.0. The number of nitrogens with zero attached hydrogens (tertiary/aromatic N) is 2. The number of ether oxygens (including phenoxy) is 2. The van der Waals surface area contributed by atoms with Crippen molar-refractivity contribution in [1.82, 2.24) is 9.38 Å². The van der Waals surface area contributed by atoms with Gasteiger partial charge in [-0.25, -0.2) is 4.98 Å². The molecule has 0 saturated heterocycles. The molecule has 5 heteroatoms. The molecule has 1 aromatic carbocycles. The Bertz CT molecular complexity index is 768. The van der Waals surface area contributed by atoms with Gasteiger partial charge in [-0.2, -0.15) is 0 Å². The van der Waals surface area contributed by atoms with E-state index in [-0.39, 0.29) is 0 Å². The molecular weight excluding hydrogens is 320 g/mol. The van der Waals surface area contributed by atoms with Crippen LogP contribution in [-0.4, -0.2) is 23.6 Å². The quantitative estimate of drug-likeness (QED) is 0.732. The zero-order valence-electron chi connectivity index (χ0n) is 11.1. The summed E-state index contributed by atoms with van der Waals surface area (Å²) in [5.74, 6) is 1.61. The van der Waals surface area contributed by atoms with E-state index in [2.05, 4.69) is 20.9 Å². The molecule has 0 aliphatic carbocycles. The average molecular weight is 333 g/mol. The highest BCUT2D eigenvalue weighted by molar-refractivity contribution is 9.10. The maximum absolute atomic E-state index is 5.22. The monoisotopic (exact) mass is 332 g/mol. The van der Waals surface area contributed by atoms with Gasteiger partial charge < -0.3 is 13.9 Å². The van der Waals surface area contributed by atoms with Crippen LogP contribution in [0.5, 0.6) is 11.5 Å². The number of imidazole rings is 1. The van der Waals surface area contributed by atoms with Gasteiger partial charge in [0.05, 0.1) is 26.1 Å². The predicted octanol–water partition coefficient (Wildman–Crippen LogP) is 3.78. The molecule has 0 bridgehead atoms. The molecule has 20 heavy (non-hydrogen) atoms. The Morgan fingerprint density at radius 1 is 1.00 bits per heavy atom. The Hall–Kier alpha value is -2.01. The van der Waals surface area contributed by atoms with E-state index in [9.17, 15) is 0 Å². The summed E-state index contributed by atoms with van der Waals surface area (Å²) in [5, 5.41) is 0. The van der Waals surface area contributed by atoms with Gasteiger partial charge in [0, 0.05) is 16.2 Å². The molecular formula is C15H13BrN2O2. The van der Waals surface area contributed by atoms with Gasteiger partial charge >= 0.3 is 0 Å². The minimum atomic E-state index is 0.801. The number of aromatic nitrogens is 2. The van der Waals surface area contributed by atoms with E-state index < -0.39 is 0 Å². The van der Waals surface area contributed by atoms with Crippen LogP contribution in [0.1, 0.15) is 0 Å². The van der Waals surface area contributed by atoms with Crippen LogP contribution in [0.25, 0.3) is 16.9 Å². The van der Waals surface area contributed by atoms with Gasteiger partial charge in [-0.3, -0.25) is 0 Å². The number of benzene rings is 1. The second-order valence-electron chi connectivity index (χ2n) is 4.31. The van der Waals surface area contributed by atoms with Crippen LogP contribution in [0.2, 0.25) is 0 Å². The van der Waals surface area contributed by atoms with Crippen LogP contribution in [0.4, 0.5) is 0 Å². The maximum Gasteiger partial charge on any atom is 0.137 e. The second kappa shape index (κ2) is 5.17. The van der Waals surface area contributed by atoms with E-state index in [1.54, 1.807) is 14.2 Å². The Balaban J connectivity index is 2.10. The topological polar surface area (TPSA) is 35.8 Å². The van der Waals surface area contributed by atoms with Crippen LogP contribution in [-0.2, 0) is 0 Å². The molecule has 102 valence electrons. The Labute approximate surface area is 125 Å². The van der Waals surface area contributed by atoms with Gasteiger partial charge in [0.1, 0.15) is 17.1 Å². The molecule has 0 radical (unpaired) electrons. The van der Waals surface area contributed by atoms with Crippen molar-refractivity contribution in [2.24, 2.45) is 0 Å². The lowest BCUT2D eigenvalue weighted by molar-refractivity contribution is 0.412. The first-order valence-electron chi connectivity index (χ1n) is 6.08. The van der Waals surface area contributed by atoms with E-state index in [1.807, 2.05) is 47.1 Å². The lowest BCUT2D eigenvalue weighted by Crippen LogP contribution is -1.86. The summed E-state index contributed by atoms with van der Waals surface area (Å²) in [6.45, 7) is 0. The number of hydrogen-bond acceptors (Lipinski definition) is 3. The molecule has 0 aliphatic heterocycles. The fourth-order valence-corrected chi connectivity index (χ4v) is 2.61. The van der Waals surface area contributed by atoms with Gasteiger partial charge in [0.25, 0.3) is 0 Å². The standard InChI is InChI=1S/C15H13BrN2O2/c1-19-10-3-5-12(13(16)7-10)14-9-18-8-11(20-2)4-6-15(18)17-14/h3-9H,1-2H3.